The Bertz CT molecular complexity index is 754. The monoisotopic (exact) mass is 405 g/mol. The highest BCUT2D eigenvalue weighted by atomic mass is 35.5. The summed E-state index contributed by atoms with van der Waals surface area (Å²) < 4.78 is 5.34. The van der Waals surface area contributed by atoms with Gasteiger partial charge < -0.3 is 4.74 Å². The molecule has 1 heterocycles. The smallest absolute Gasteiger partial charge is 0.126 e. The maximum Gasteiger partial charge on any atom is 0.126 e. The first-order chi connectivity index (χ1) is 12.7. The zero-order chi connectivity index (χ0) is 18.2. The van der Waals surface area contributed by atoms with Crippen LogP contribution in [0.25, 0.3) is 6.08 Å². The van der Waals surface area contributed by atoms with E-state index in [0.717, 1.165) is 49.1 Å². The summed E-state index contributed by atoms with van der Waals surface area (Å²) in [6, 6.07) is 16.0. The fourth-order valence-corrected chi connectivity index (χ4v) is 3.07. The van der Waals surface area contributed by atoms with Gasteiger partial charge in [0.05, 0.1) is 7.11 Å². The van der Waals surface area contributed by atoms with Crippen molar-refractivity contribution in [2.75, 3.05) is 33.3 Å². The van der Waals surface area contributed by atoms with E-state index >= 15 is 0 Å². The Labute approximate surface area is 172 Å². The van der Waals surface area contributed by atoms with Crippen molar-refractivity contribution in [2.45, 2.75) is 6.54 Å². The lowest BCUT2D eigenvalue weighted by molar-refractivity contribution is 0.131. The summed E-state index contributed by atoms with van der Waals surface area (Å²) in [5.41, 5.74) is 2.35. The van der Waals surface area contributed by atoms with Crippen molar-refractivity contribution < 1.29 is 4.74 Å². The zero-order valence-corrected chi connectivity index (χ0v) is 17.0. The van der Waals surface area contributed by atoms with E-state index in [4.69, 9.17) is 16.3 Å². The second-order valence-corrected chi connectivity index (χ2v) is 6.66. The summed E-state index contributed by atoms with van der Waals surface area (Å²) in [6.07, 6.45) is 5.82. The van der Waals surface area contributed by atoms with Crippen molar-refractivity contribution in [3.8, 4) is 5.75 Å². The first-order valence-corrected chi connectivity index (χ1v) is 9.18. The third kappa shape index (κ3) is 6.58. The molecule has 3 rings (SSSR count). The summed E-state index contributed by atoms with van der Waals surface area (Å²) in [7, 11) is 1.68. The number of rotatable bonds is 6. The van der Waals surface area contributed by atoms with Gasteiger partial charge >= 0.3 is 0 Å². The minimum Gasteiger partial charge on any atom is -0.496 e. The van der Waals surface area contributed by atoms with Gasteiger partial charge in [-0.3, -0.25) is 9.91 Å². The van der Waals surface area contributed by atoms with Crippen molar-refractivity contribution in [1.29, 1.82) is 0 Å². The highest BCUT2D eigenvalue weighted by Crippen LogP contribution is 2.18. The number of benzene rings is 2. The van der Waals surface area contributed by atoms with Gasteiger partial charge in [-0.15, -0.1) is 12.4 Å². The Morgan fingerprint density at radius 3 is 2.44 bits per heavy atom. The van der Waals surface area contributed by atoms with Gasteiger partial charge in [-0.25, -0.2) is 0 Å². The Hall–Kier alpha value is -2.01. The first kappa shape index (κ1) is 21.3. The van der Waals surface area contributed by atoms with Gasteiger partial charge in [-0.2, -0.15) is 5.10 Å². The van der Waals surface area contributed by atoms with Crippen LogP contribution in [-0.2, 0) is 6.54 Å². The molecule has 1 aliphatic rings. The van der Waals surface area contributed by atoms with Gasteiger partial charge in [0.2, 0.25) is 0 Å². The number of nitrogens with zero attached hydrogens (tertiary/aromatic N) is 3. The molecule has 0 unspecified atom stereocenters. The Kier molecular flexibility index (Phi) is 8.65. The second-order valence-electron chi connectivity index (χ2n) is 6.22. The molecule has 0 aliphatic carbocycles. The topological polar surface area (TPSA) is 28.1 Å². The predicted octanol–water partition coefficient (Wildman–Crippen LogP) is 4.59. The highest BCUT2D eigenvalue weighted by molar-refractivity contribution is 6.30. The molecule has 0 spiro atoms. The van der Waals surface area contributed by atoms with Crippen LogP contribution in [0.4, 0.5) is 0 Å². The SMILES string of the molecule is COc1ccccc1/C=C/C=N/N1CCN(Cc2ccc(Cl)cc2)CC1.Cl. The summed E-state index contributed by atoms with van der Waals surface area (Å²) in [5, 5.41) is 7.45. The van der Waals surface area contributed by atoms with E-state index in [0.29, 0.717) is 0 Å². The molecule has 144 valence electrons. The molecule has 0 atom stereocenters. The number of para-hydroxylation sites is 1. The van der Waals surface area contributed by atoms with Gasteiger partial charge in [0.1, 0.15) is 5.75 Å². The zero-order valence-electron chi connectivity index (χ0n) is 15.4. The van der Waals surface area contributed by atoms with E-state index < -0.39 is 0 Å². The normalized spacial score (nSPS) is 15.3. The van der Waals surface area contributed by atoms with Crippen molar-refractivity contribution in [3.63, 3.8) is 0 Å². The quantitative estimate of drug-likeness (QED) is 0.657. The van der Waals surface area contributed by atoms with Crippen LogP contribution in [0.1, 0.15) is 11.1 Å². The molecule has 27 heavy (non-hydrogen) atoms. The molecule has 1 aliphatic heterocycles. The number of hydrogen-bond acceptors (Lipinski definition) is 4. The van der Waals surface area contributed by atoms with Crippen LogP contribution < -0.4 is 4.74 Å². The summed E-state index contributed by atoms with van der Waals surface area (Å²) in [5.74, 6) is 0.868. The van der Waals surface area contributed by atoms with Gasteiger partial charge in [0.15, 0.2) is 0 Å². The molecule has 1 fully saturated rings. The standard InChI is InChI=1S/C21H24ClN3O.ClH/c1-26-21-7-3-2-5-19(21)6-4-12-23-25-15-13-24(14-16-25)17-18-8-10-20(22)11-9-18;/h2-12H,13-17H2,1H3;1H/b6-4+,23-12+;. The number of halogens is 2. The minimum absolute atomic E-state index is 0. The maximum atomic E-state index is 5.94. The molecule has 2 aromatic rings. The molecular weight excluding hydrogens is 381 g/mol. The lowest BCUT2D eigenvalue weighted by Gasteiger charge is -2.32. The number of piperazine rings is 1. The third-order valence-electron chi connectivity index (χ3n) is 4.40. The lowest BCUT2D eigenvalue weighted by Crippen LogP contribution is -2.43. The van der Waals surface area contributed by atoms with Crippen molar-refractivity contribution >= 4 is 36.3 Å². The van der Waals surface area contributed by atoms with Crippen molar-refractivity contribution in [3.05, 3.63) is 70.8 Å². The van der Waals surface area contributed by atoms with E-state index in [1.165, 1.54) is 5.56 Å². The largest absolute Gasteiger partial charge is 0.496 e. The molecule has 2 aromatic carbocycles. The van der Waals surface area contributed by atoms with Crippen LogP contribution in [0.5, 0.6) is 5.75 Å². The Morgan fingerprint density at radius 2 is 1.74 bits per heavy atom. The number of ether oxygens (including phenoxy) is 1. The summed E-state index contributed by atoms with van der Waals surface area (Å²) >= 11 is 5.94. The van der Waals surface area contributed by atoms with Crippen LogP contribution >= 0.6 is 24.0 Å². The van der Waals surface area contributed by atoms with E-state index in [9.17, 15) is 0 Å². The van der Waals surface area contributed by atoms with Crippen molar-refractivity contribution in [2.24, 2.45) is 5.10 Å². The summed E-state index contributed by atoms with van der Waals surface area (Å²) in [4.78, 5) is 2.44. The Morgan fingerprint density at radius 1 is 1.04 bits per heavy atom. The minimum atomic E-state index is 0. The average Bonchev–Trinajstić information content (AvgIpc) is 2.68. The fraction of sp³-hybridized carbons (Fsp3) is 0.286. The van der Waals surface area contributed by atoms with E-state index in [1.54, 1.807) is 7.11 Å². The molecule has 0 bridgehead atoms. The molecular formula is C21H25Cl2N3O. The maximum absolute atomic E-state index is 5.94. The predicted molar refractivity (Wildman–Crippen MR) is 116 cm³/mol. The van der Waals surface area contributed by atoms with Crippen molar-refractivity contribution in [1.82, 2.24) is 9.91 Å². The summed E-state index contributed by atoms with van der Waals surface area (Å²) in [6.45, 7) is 4.86. The molecule has 6 heteroatoms. The molecule has 0 radical (unpaired) electrons. The number of allylic oxidation sites excluding steroid dienone is 1. The van der Waals surface area contributed by atoms with Gasteiger partial charge in [-0.05, 0) is 35.9 Å². The second kappa shape index (κ2) is 11.0. The molecule has 0 aromatic heterocycles. The molecule has 4 nitrogen and oxygen atoms in total. The van der Waals surface area contributed by atoms with Crippen LogP contribution in [0, 0.1) is 0 Å². The molecule has 0 amide bonds. The van der Waals surface area contributed by atoms with Crippen LogP contribution in [0.2, 0.25) is 5.02 Å². The van der Waals surface area contributed by atoms with Crippen LogP contribution in [-0.4, -0.2) is 49.4 Å². The van der Waals surface area contributed by atoms with Gasteiger partial charge in [-0.1, -0.05) is 41.9 Å². The fourth-order valence-electron chi connectivity index (χ4n) is 2.94. The number of hydrazone groups is 1. The third-order valence-corrected chi connectivity index (χ3v) is 4.65. The lowest BCUT2D eigenvalue weighted by atomic mass is 10.2. The number of hydrogen-bond donors (Lipinski definition) is 0. The first-order valence-electron chi connectivity index (χ1n) is 8.80. The molecule has 0 N–H and O–H groups in total. The number of methoxy groups -OCH3 is 1. The van der Waals surface area contributed by atoms with E-state index in [-0.39, 0.29) is 12.4 Å². The highest BCUT2D eigenvalue weighted by Gasteiger charge is 2.15. The molecule has 0 saturated carbocycles. The molecule has 1 saturated heterocycles. The van der Waals surface area contributed by atoms with E-state index in [1.807, 2.05) is 54.8 Å². The van der Waals surface area contributed by atoms with E-state index in [2.05, 4.69) is 27.1 Å². The van der Waals surface area contributed by atoms with Crippen LogP contribution in [0.15, 0.2) is 59.7 Å². The van der Waals surface area contributed by atoms with Gasteiger partial charge in [0, 0.05) is 49.5 Å². The Balaban J connectivity index is 0.00000261. The average molecular weight is 406 g/mol. The van der Waals surface area contributed by atoms with Crippen LogP contribution in [0.3, 0.4) is 0 Å². The van der Waals surface area contributed by atoms with Gasteiger partial charge in [0.25, 0.3) is 0 Å².